The smallest absolute Gasteiger partial charge is 0.174 e. The number of rotatable bonds is 2. The van der Waals surface area contributed by atoms with Gasteiger partial charge in [0.1, 0.15) is 24.3 Å². The number of hydrogen-bond donors (Lipinski definition) is 0. The fourth-order valence-electron chi connectivity index (χ4n) is 3.27. The van der Waals surface area contributed by atoms with Gasteiger partial charge >= 0.3 is 0 Å². The summed E-state index contributed by atoms with van der Waals surface area (Å²) in [6.07, 6.45) is 8.16. The zero-order valence-electron chi connectivity index (χ0n) is 13.7. The molecule has 0 spiro atoms. The Morgan fingerprint density at radius 3 is 3.08 bits per heavy atom. The summed E-state index contributed by atoms with van der Waals surface area (Å²) >= 11 is 6.06. The zero-order valence-corrected chi connectivity index (χ0v) is 14.5. The van der Waals surface area contributed by atoms with Crippen LogP contribution in [0.3, 0.4) is 0 Å². The molecule has 0 saturated carbocycles. The Morgan fingerprint density at radius 2 is 2.20 bits per heavy atom. The number of hydrogen-bond acceptors (Lipinski definition) is 4. The maximum absolute atomic E-state index is 9.65. The Balaban J connectivity index is 1.71. The zero-order chi connectivity index (χ0) is 17.2. The van der Waals surface area contributed by atoms with Gasteiger partial charge in [-0.1, -0.05) is 18.0 Å². The lowest BCUT2D eigenvalue weighted by atomic mass is 10.1. The van der Waals surface area contributed by atoms with Crippen LogP contribution >= 0.6 is 11.6 Å². The summed E-state index contributed by atoms with van der Waals surface area (Å²) in [4.78, 5) is 0. The van der Waals surface area contributed by atoms with Gasteiger partial charge in [0.25, 0.3) is 0 Å². The van der Waals surface area contributed by atoms with Crippen molar-refractivity contribution in [2.24, 2.45) is 0 Å². The fourth-order valence-corrected chi connectivity index (χ4v) is 3.45. The van der Waals surface area contributed by atoms with Crippen molar-refractivity contribution in [3.63, 3.8) is 0 Å². The van der Waals surface area contributed by atoms with E-state index in [0.29, 0.717) is 23.0 Å². The average Bonchev–Trinajstić information content (AvgIpc) is 2.87. The molecule has 4 rings (SSSR count). The maximum Gasteiger partial charge on any atom is 0.174 e. The highest BCUT2D eigenvalue weighted by molar-refractivity contribution is 6.30. The van der Waals surface area contributed by atoms with E-state index in [0.717, 1.165) is 48.5 Å². The quantitative estimate of drug-likeness (QED) is 0.765. The molecule has 1 aromatic carbocycles. The molecule has 2 aromatic rings. The van der Waals surface area contributed by atoms with Gasteiger partial charge in [-0.25, -0.2) is 0 Å². The van der Waals surface area contributed by atoms with E-state index in [9.17, 15) is 5.26 Å². The van der Waals surface area contributed by atoms with Crippen LogP contribution in [-0.2, 0) is 13.0 Å². The molecular weight excluding hydrogens is 336 g/mol. The monoisotopic (exact) mass is 352 g/mol. The van der Waals surface area contributed by atoms with Gasteiger partial charge in [0.15, 0.2) is 5.82 Å². The number of benzene rings is 1. The number of fused-ring (bicyclic) bond motifs is 2. The number of aromatic nitrogens is 3. The van der Waals surface area contributed by atoms with E-state index in [-0.39, 0.29) is 0 Å². The normalized spacial score (nSPS) is 16.8. The van der Waals surface area contributed by atoms with E-state index in [1.54, 1.807) is 6.07 Å². The lowest BCUT2D eigenvalue weighted by molar-refractivity contribution is 0.351. The van der Waals surface area contributed by atoms with Crippen LogP contribution in [0.4, 0.5) is 0 Å². The van der Waals surface area contributed by atoms with E-state index in [1.165, 1.54) is 6.42 Å². The molecule has 2 aliphatic heterocycles. The summed E-state index contributed by atoms with van der Waals surface area (Å²) in [5.74, 6) is 2.42. The molecule has 5 nitrogen and oxygen atoms in total. The van der Waals surface area contributed by atoms with Crippen molar-refractivity contribution in [3.8, 4) is 11.8 Å². The van der Waals surface area contributed by atoms with Gasteiger partial charge in [0.05, 0.1) is 5.57 Å². The molecule has 0 saturated heterocycles. The summed E-state index contributed by atoms with van der Waals surface area (Å²) in [5, 5.41) is 18.9. The molecular formula is C19H17ClN4O. The van der Waals surface area contributed by atoms with Gasteiger partial charge in [0.2, 0.25) is 0 Å². The second-order valence-electron chi connectivity index (χ2n) is 6.26. The van der Waals surface area contributed by atoms with Crippen LogP contribution in [0, 0.1) is 11.3 Å². The SMILES string of the molecule is N#C/C(=C/C1=Cc2cc(Cl)ccc2OC1)c1nnc2n1CCCCC2. The molecule has 25 heavy (non-hydrogen) atoms. The van der Waals surface area contributed by atoms with E-state index in [4.69, 9.17) is 16.3 Å². The molecule has 0 N–H and O–H groups in total. The summed E-state index contributed by atoms with van der Waals surface area (Å²) in [7, 11) is 0. The minimum Gasteiger partial charge on any atom is -0.488 e. The topological polar surface area (TPSA) is 63.7 Å². The van der Waals surface area contributed by atoms with E-state index >= 15 is 0 Å². The van der Waals surface area contributed by atoms with Crippen molar-refractivity contribution in [1.29, 1.82) is 5.26 Å². The van der Waals surface area contributed by atoms with Gasteiger partial charge < -0.3 is 9.30 Å². The van der Waals surface area contributed by atoms with Crippen LogP contribution in [0.25, 0.3) is 11.6 Å². The summed E-state index contributed by atoms with van der Waals surface area (Å²) < 4.78 is 7.84. The lowest BCUT2D eigenvalue weighted by Gasteiger charge is -2.16. The van der Waals surface area contributed by atoms with Crippen molar-refractivity contribution in [3.05, 3.63) is 52.1 Å². The van der Waals surface area contributed by atoms with Crippen LogP contribution in [0.2, 0.25) is 5.02 Å². The summed E-state index contributed by atoms with van der Waals surface area (Å²) in [6, 6.07) is 7.80. The van der Waals surface area contributed by atoms with Gasteiger partial charge in [0, 0.05) is 23.6 Å². The minimum absolute atomic E-state index is 0.417. The molecule has 0 radical (unpaired) electrons. The first-order valence-electron chi connectivity index (χ1n) is 8.42. The fraction of sp³-hybridized carbons (Fsp3) is 0.316. The van der Waals surface area contributed by atoms with Crippen LogP contribution < -0.4 is 4.74 Å². The van der Waals surface area contributed by atoms with Gasteiger partial charge in [-0.3, -0.25) is 0 Å². The average molecular weight is 353 g/mol. The first-order chi connectivity index (χ1) is 12.2. The molecule has 6 heteroatoms. The highest BCUT2D eigenvalue weighted by Gasteiger charge is 2.19. The third kappa shape index (κ3) is 3.18. The van der Waals surface area contributed by atoms with Crippen molar-refractivity contribution in [2.75, 3.05) is 6.61 Å². The molecule has 1 aromatic heterocycles. The number of nitrogens with zero attached hydrogens (tertiary/aromatic N) is 4. The van der Waals surface area contributed by atoms with Crippen LogP contribution in [0.1, 0.15) is 36.5 Å². The number of aryl methyl sites for hydroxylation is 1. The molecule has 0 unspecified atom stereocenters. The molecule has 3 heterocycles. The Bertz CT molecular complexity index is 920. The lowest BCUT2D eigenvalue weighted by Crippen LogP contribution is -2.08. The predicted octanol–water partition coefficient (Wildman–Crippen LogP) is 4.04. The van der Waals surface area contributed by atoms with E-state index < -0.39 is 0 Å². The molecule has 0 aliphatic carbocycles. The van der Waals surface area contributed by atoms with E-state index in [1.807, 2.05) is 24.3 Å². The van der Waals surface area contributed by atoms with Gasteiger partial charge in [-0.2, -0.15) is 5.26 Å². The molecule has 0 fully saturated rings. The number of allylic oxidation sites excluding steroid dienone is 1. The summed E-state index contributed by atoms with van der Waals surface area (Å²) in [5.41, 5.74) is 2.35. The van der Waals surface area contributed by atoms with Crippen LogP contribution in [-0.4, -0.2) is 21.4 Å². The Labute approximate surface area is 151 Å². The molecule has 2 aliphatic rings. The molecule has 126 valence electrons. The largest absolute Gasteiger partial charge is 0.488 e. The van der Waals surface area contributed by atoms with Crippen LogP contribution in [0.15, 0.2) is 29.8 Å². The van der Waals surface area contributed by atoms with Crippen molar-refractivity contribution in [2.45, 2.75) is 32.2 Å². The molecule has 0 bridgehead atoms. The first-order valence-corrected chi connectivity index (χ1v) is 8.79. The second kappa shape index (κ2) is 6.73. The van der Waals surface area contributed by atoms with Crippen molar-refractivity contribution < 1.29 is 4.74 Å². The highest BCUT2D eigenvalue weighted by atomic mass is 35.5. The number of ether oxygens (including phenoxy) is 1. The van der Waals surface area contributed by atoms with Gasteiger partial charge in [-0.15, -0.1) is 10.2 Å². The number of nitriles is 1. The maximum atomic E-state index is 9.65. The first kappa shape index (κ1) is 15.9. The van der Waals surface area contributed by atoms with Crippen LogP contribution in [0.5, 0.6) is 5.75 Å². The standard InChI is InChI=1S/C19H17ClN4O/c20-16-5-6-17-14(10-16)8-13(12-25-17)9-15(11-21)19-23-22-18-4-2-1-3-7-24(18)19/h5-6,8-10H,1-4,7,12H2/b15-9-. The van der Waals surface area contributed by atoms with E-state index in [2.05, 4.69) is 20.8 Å². The molecule has 0 amide bonds. The highest BCUT2D eigenvalue weighted by Crippen LogP contribution is 2.30. The molecule has 0 atom stereocenters. The Hall–Kier alpha value is -2.58. The minimum atomic E-state index is 0.417. The predicted molar refractivity (Wildman–Crippen MR) is 96.1 cm³/mol. The Morgan fingerprint density at radius 1 is 1.28 bits per heavy atom. The third-order valence-electron chi connectivity index (χ3n) is 4.51. The van der Waals surface area contributed by atoms with Gasteiger partial charge in [-0.05, 0) is 48.8 Å². The Kier molecular flexibility index (Phi) is 4.29. The van der Waals surface area contributed by atoms with Crippen molar-refractivity contribution >= 4 is 23.3 Å². The third-order valence-corrected chi connectivity index (χ3v) is 4.74. The second-order valence-corrected chi connectivity index (χ2v) is 6.70. The number of halogens is 1. The van der Waals surface area contributed by atoms with Crippen molar-refractivity contribution in [1.82, 2.24) is 14.8 Å². The summed E-state index contributed by atoms with van der Waals surface area (Å²) in [6.45, 7) is 1.28.